The lowest BCUT2D eigenvalue weighted by atomic mass is 9.91. The molecule has 1 N–H and O–H groups in total. The number of hydrogen-bond acceptors (Lipinski definition) is 3. The number of rotatable bonds is 6. The molecule has 0 aromatic heterocycles. The predicted octanol–water partition coefficient (Wildman–Crippen LogP) is 3.31. The molecule has 0 fully saturated rings. The molecule has 1 aromatic rings. The molecule has 0 aliphatic carbocycles. The molecule has 4 heteroatoms. The Hall–Kier alpha value is -1.29. The van der Waals surface area contributed by atoms with Crippen molar-refractivity contribution >= 4 is 0 Å². The van der Waals surface area contributed by atoms with E-state index in [0.717, 1.165) is 12.8 Å². The Morgan fingerprint density at radius 2 is 1.61 bits per heavy atom. The number of halogens is 1. The Morgan fingerprint density at radius 3 is 2.06 bits per heavy atom. The van der Waals surface area contributed by atoms with Gasteiger partial charge in [-0.15, -0.1) is 0 Å². The maximum atomic E-state index is 13.9. The molecule has 0 amide bonds. The highest BCUT2D eigenvalue weighted by Crippen LogP contribution is 2.36. The minimum absolute atomic E-state index is 0.0394. The van der Waals surface area contributed by atoms with Crippen molar-refractivity contribution < 1.29 is 19.0 Å². The molecule has 18 heavy (non-hydrogen) atoms. The lowest BCUT2D eigenvalue weighted by Crippen LogP contribution is -2.13. The Labute approximate surface area is 108 Å². The summed E-state index contributed by atoms with van der Waals surface area (Å²) in [5, 5.41) is 10.2. The van der Waals surface area contributed by atoms with Crippen LogP contribution in [0.1, 0.15) is 38.4 Å². The van der Waals surface area contributed by atoms with Crippen molar-refractivity contribution in [2.45, 2.75) is 32.8 Å². The fraction of sp³-hybridized carbons (Fsp3) is 0.571. The second kappa shape index (κ2) is 6.59. The van der Waals surface area contributed by atoms with Crippen molar-refractivity contribution in [2.24, 2.45) is 5.92 Å². The summed E-state index contributed by atoms with van der Waals surface area (Å²) in [7, 11) is 2.94. The van der Waals surface area contributed by atoms with Crippen molar-refractivity contribution in [1.29, 1.82) is 0 Å². The van der Waals surface area contributed by atoms with Crippen LogP contribution in [-0.2, 0) is 0 Å². The van der Waals surface area contributed by atoms with Gasteiger partial charge in [-0.05, 0) is 12.0 Å². The van der Waals surface area contributed by atoms with E-state index in [9.17, 15) is 9.50 Å². The zero-order chi connectivity index (χ0) is 13.7. The summed E-state index contributed by atoms with van der Waals surface area (Å²) in [6.07, 6.45) is 0.775. The van der Waals surface area contributed by atoms with Gasteiger partial charge in [0.15, 0.2) is 11.5 Å². The van der Waals surface area contributed by atoms with Gasteiger partial charge in [-0.1, -0.05) is 26.7 Å². The summed E-state index contributed by atoms with van der Waals surface area (Å²) in [4.78, 5) is 0. The van der Waals surface area contributed by atoms with E-state index in [-0.39, 0.29) is 11.5 Å². The molecule has 0 aliphatic rings. The zero-order valence-corrected chi connectivity index (χ0v) is 11.4. The quantitative estimate of drug-likeness (QED) is 0.848. The molecule has 0 saturated carbocycles. The largest absolute Gasteiger partial charge is 0.493 e. The van der Waals surface area contributed by atoms with Gasteiger partial charge in [-0.25, -0.2) is 4.39 Å². The second-order valence-electron chi connectivity index (χ2n) is 4.25. The van der Waals surface area contributed by atoms with Gasteiger partial charge in [-0.3, -0.25) is 0 Å². The highest BCUT2D eigenvalue weighted by atomic mass is 19.1. The van der Waals surface area contributed by atoms with E-state index in [1.165, 1.54) is 26.4 Å². The van der Waals surface area contributed by atoms with Crippen molar-refractivity contribution in [3.63, 3.8) is 0 Å². The topological polar surface area (TPSA) is 38.7 Å². The van der Waals surface area contributed by atoms with Crippen LogP contribution in [-0.4, -0.2) is 19.3 Å². The van der Waals surface area contributed by atoms with E-state index in [1.54, 1.807) is 0 Å². The van der Waals surface area contributed by atoms with Crippen LogP contribution < -0.4 is 9.47 Å². The van der Waals surface area contributed by atoms with E-state index >= 15 is 0 Å². The van der Waals surface area contributed by atoms with Crippen LogP contribution in [0.5, 0.6) is 11.5 Å². The molecular weight excluding hydrogens is 235 g/mol. The number of aliphatic hydroxyl groups excluding tert-OH is 1. The monoisotopic (exact) mass is 256 g/mol. The average Bonchev–Trinajstić information content (AvgIpc) is 2.39. The average molecular weight is 256 g/mol. The summed E-state index contributed by atoms with van der Waals surface area (Å²) in [5.41, 5.74) is 0.265. The smallest absolute Gasteiger partial charge is 0.163 e. The fourth-order valence-electron chi connectivity index (χ4n) is 2.09. The number of methoxy groups -OCH3 is 2. The number of benzene rings is 1. The van der Waals surface area contributed by atoms with Gasteiger partial charge in [0.25, 0.3) is 0 Å². The van der Waals surface area contributed by atoms with Crippen LogP contribution in [0.15, 0.2) is 12.1 Å². The van der Waals surface area contributed by atoms with Crippen LogP contribution >= 0.6 is 0 Å². The van der Waals surface area contributed by atoms with Gasteiger partial charge >= 0.3 is 0 Å². The van der Waals surface area contributed by atoms with Crippen LogP contribution in [0.25, 0.3) is 0 Å². The number of aliphatic hydroxyl groups is 1. The Balaban J connectivity index is 3.16. The van der Waals surface area contributed by atoms with Gasteiger partial charge in [0, 0.05) is 11.6 Å². The van der Waals surface area contributed by atoms with Gasteiger partial charge in [0.05, 0.1) is 20.3 Å². The van der Waals surface area contributed by atoms with Gasteiger partial charge < -0.3 is 14.6 Å². The molecule has 0 radical (unpaired) electrons. The van der Waals surface area contributed by atoms with Crippen LogP contribution in [0, 0.1) is 11.7 Å². The molecule has 1 atom stereocenters. The summed E-state index contributed by atoms with van der Waals surface area (Å²) in [5.74, 6) is 0.332. The van der Waals surface area contributed by atoms with Crippen LogP contribution in [0.3, 0.4) is 0 Å². The SMILES string of the molecule is CCC(CC)C(O)c1cc(OC)c(OC)cc1F. The molecule has 0 bridgehead atoms. The van der Waals surface area contributed by atoms with E-state index in [0.29, 0.717) is 11.5 Å². The third-order valence-electron chi connectivity index (χ3n) is 3.32. The van der Waals surface area contributed by atoms with Crippen molar-refractivity contribution in [2.75, 3.05) is 14.2 Å². The third-order valence-corrected chi connectivity index (χ3v) is 3.32. The standard InChI is InChI=1S/C14H21FO3/c1-5-9(6-2)14(16)10-7-12(17-3)13(18-4)8-11(10)15/h7-9,14,16H,5-6H2,1-4H3. The van der Waals surface area contributed by atoms with Crippen molar-refractivity contribution in [3.05, 3.63) is 23.5 Å². The van der Waals surface area contributed by atoms with E-state index in [2.05, 4.69) is 0 Å². The molecule has 3 nitrogen and oxygen atoms in total. The Morgan fingerprint density at radius 1 is 1.11 bits per heavy atom. The molecular formula is C14H21FO3. The molecule has 0 spiro atoms. The van der Waals surface area contributed by atoms with E-state index in [4.69, 9.17) is 9.47 Å². The summed E-state index contributed by atoms with van der Waals surface area (Å²) >= 11 is 0. The first-order valence-corrected chi connectivity index (χ1v) is 6.18. The Kier molecular flexibility index (Phi) is 5.41. The molecule has 1 aromatic carbocycles. The molecule has 102 valence electrons. The lowest BCUT2D eigenvalue weighted by Gasteiger charge is -2.22. The molecule has 0 aliphatic heterocycles. The normalized spacial score (nSPS) is 12.6. The maximum Gasteiger partial charge on any atom is 0.163 e. The lowest BCUT2D eigenvalue weighted by molar-refractivity contribution is 0.0991. The molecule has 0 heterocycles. The second-order valence-corrected chi connectivity index (χ2v) is 4.25. The zero-order valence-electron chi connectivity index (χ0n) is 11.4. The number of hydrogen-bond donors (Lipinski definition) is 1. The molecule has 0 saturated heterocycles. The molecule has 1 rings (SSSR count). The van der Waals surface area contributed by atoms with Crippen LogP contribution in [0.4, 0.5) is 4.39 Å². The first-order valence-electron chi connectivity index (χ1n) is 6.18. The van der Waals surface area contributed by atoms with Crippen molar-refractivity contribution in [3.8, 4) is 11.5 Å². The molecule has 1 unspecified atom stereocenters. The van der Waals surface area contributed by atoms with E-state index < -0.39 is 11.9 Å². The fourth-order valence-corrected chi connectivity index (χ4v) is 2.09. The third kappa shape index (κ3) is 2.93. The summed E-state index contributed by atoms with van der Waals surface area (Å²) < 4.78 is 24.1. The highest BCUT2D eigenvalue weighted by Gasteiger charge is 2.23. The van der Waals surface area contributed by atoms with Gasteiger partial charge in [0.1, 0.15) is 5.82 Å². The summed E-state index contributed by atoms with van der Waals surface area (Å²) in [6.45, 7) is 3.96. The number of ether oxygens (including phenoxy) is 2. The minimum atomic E-state index is -0.820. The first kappa shape index (κ1) is 14.8. The highest BCUT2D eigenvalue weighted by molar-refractivity contribution is 5.44. The maximum absolute atomic E-state index is 13.9. The predicted molar refractivity (Wildman–Crippen MR) is 68.5 cm³/mol. The first-order chi connectivity index (χ1) is 8.58. The summed E-state index contributed by atoms with van der Waals surface area (Å²) in [6, 6.07) is 2.76. The van der Waals surface area contributed by atoms with Gasteiger partial charge in [0.2, 0.25) is 0 Å². The van der Waals surface area contributed by atoms with E-state index in [1.807, 2.05) is 13.8 Å². The minimum Gasteiger partial charge on any atom is -0.493 e. The van der Waals surface area contributed by atoms with Crippen LogP contribution in [0.2, 0.25) is 0 Å². The van der Waals surface area contributed by atoms with Gasteiger partial charge in [-0.2, -0.15) is 0 Å². The Bertz CT molecular complexity index is 389. The van der Waals surface area contributed by atoms with Crippen molar-refractivity contribution in [1.82, 2.24) is 0 Å².